The number of likely N-dealkylation sites (tertiary alicyclic amines) is 1. The van der Waals surface area contributed by atoms with Crippen LogP contribution in [0.2, 0.25) is 0 Å². The summed E-state index contributed by atoms with van der Waals surface area (Å²) < 4.78 is 15.9. The van der Waals surface area contributed by atoms with Gasteiger partial charge in [-0.2, -0.15) is 0 Å². The highest BCUT2D eigenvalue weighted by atomic mass is 127. The molecule has 1 atom stereocenters. The Morgan fingerprint density at radius 2 is 1.66 bits per heavy atom. The molecule has 7 nitrogen and oxygen atoms in total. The van der Waals surface area contributed by atoms with Crippen LogP contribution in [-0.4, -0.2) is 58.4 Å². The monoisotopic (exact) mass is 554 g/mol. The molecule has 2 aromatic rings. The van der Waals surface area contributed by atoms with E-state index < -0.39 is 0 Å². The van der Waals surface area contributed by atoms with Gasteiger partial charge in [0, 0.05) is 52.4 Å². The lowest BCUT2D eigenvalue weighted by atomic mass is 10.1. The zero-order valence-corrected chi connectivity index (χ0v) is 21.7. The number of hydrogen-bond donors (Lipinski definition) is 2. The molecule has 0 aromatic heterocycles. The lowest BCUT2D eigenvalue weighted by Crippen LogP contribution is -2.44. The topological polar surface area (TPSA) is 67.4 Å². The summed E-state index contributed by atoms with van der Waals surface area (Å²) in [7, 11) is 6.89. The number of methoxy groups -OCH3 is 3. The predicted octanol–water partition coefficient (Wildman–Crippen LogP) is 3.41. The summed E-state index contributed by atoms with van der Waals surface area (Å²) in [6.45, 7) is 4.23. The maximum absolute atomic E-state index is 5.39. The highest BCUT2D eigenvalue weighted by molar-refractivity contribution is 14.0. The van der Waals surface area contributed by atoms with Crippen molar-refractivity contribution in [2.45, 2.75) is 32.2 Å². The van der Waals surface area contributed by atoms with Crippen molar-refractivity contribution in [1.82, 2.24) is 15.5 Å². The van der Waals surface area contributed by atoms with Crippen molar-refractivity contribution in [2.24, 2.45) is 4.99 Å². The van der Waals surface area contributed by atoms with Crippen LogP contribution in [-0.2, 0) is 24.4 Å². The van der Waals surface area contributed by atoms with Crippen molar-refractivity contribution in [3.8, 4) is 11.5 Å². The molecule has 1 heterocycles. The van der Waals surface area contributed by atoms with E-state index in [1.807, 2.05) is 13.1 Å². The van der Waals surface area contributed by atoms with E-state index in [9.17, 15) is 0 Å². The van der Waals surface area contributed by atoms with Gasteiger partial charge in [-0.15, -0.1) is 24.0 Å². The largest absolute Gasteiger partial charge is 0.497 e. The summed E-state index contributed by atoms with van der Waals surface area (Å²) in [4.78, 5) is 6.83. The third-order valence-corrected chi connectivity index (χ3v) is 5.45. The second-order valence-electron chi connectivity index (χ2n) is 7.76. The number of rotatable bonds is 9. The van der Waals surface area contributed by atoms with Gasteiger partial charge in [-0.25, -0.2) is 0 Å². The molecule has 176 valence electrons. The van der Waals surface area contributed by atoms with Crippen molar-refractivity contribution in [1.29, 1.82) is 0 Å². The molecular formula is C24H35IN4O3. The molecule has 0 bridgehead atoms. The minimum atomic E-state index is 0. The third kappa shape index (κ3) is 7.83. The van der Waals surface area contributed by atoms with Gasteiger partial charge in [0.25, 0.3) is 0 Å². The van der Waals surface area contributed by atoms with E-state index in [4.69, 9.17) is 14.2 Å². The van der Waals surface area contributed by atoms with Crippen LogP contribution in [0.5, 0.6) is 11.5 Å². The fourth-order valence-corrected chi connectivity index (χ4v) is 3.80. The Hall–Kier alpha value is -2.04. The van der Waals surface area contributed by atoms with Crippen molar-refractivity contribution in [3.63, 3.8) is 0 Å². The van der Waals surface area contributed by atoms with Crippen molar-refractivity contribution < 1.29 is 14.2 Å². The molecule has 1 saturated heterocycles. The van der Waals surface area contributed by atoms with Crippen molar-refractivity contribution in [2.75, 3.05) is 41.5 Å². The van der Waals surface area contributed by atoms with Gasteiger partial charge in [0.15, 0.2) is 5.96 Å². The summed E-state index contributed by atoms with van der Waals surface area (Å²) in [5.74, 6) is 2.47. The highest BCUT2D eigenvalue weighted by Crippen LogP contribution is 2.24. The number of guanidine groups is 1. The van der Waals surface area contributed by atoms with Crippen LogP contribution < -0.4 is 20.1 Å². The molecule has 8 heteroatoms. The van der Waals surface area contributed by atoms with Crippen molar-refractivity contribution in [3.05, 3.63) is 59.2 Å². The zero-order chi connectivity index (χ0) is 22.1. The summed E-state index contributed by atoms with van der Waals surface area (Å²) in [5, 5.41) is 6.97. The average Bonchev–Trinajstić information content (AvgIpc) is 3.24. The van der Waals surface area contributed by atoms with Crippen LogP contribution in [0.3, 0.4) is 0 Å². The second-order valence-corrected chi connectivity index (χ2v) is 7.76. The Bertz CT molecular complexity index is 839. The van der Waals surface area contributed by atoms with Crippen LogP contribution in [0.4, 0.5) is 0 Å². The molecule has 1 fully saturated rings. The summed E-state index contributed by atoms with van der Waals surface area (Å²) in [6, 6.07) is 14.8. The summed E-state index contributed by atoms with van der Waals surface area (Å²) >= 11 is 0. The lowest BCUT2D eigenvalue weighted by molar-refractivity contribution is 0.185. The number of benzene rings is 2. The number of nitrogens with one attached hydrogen (secondary N) is 2. The fourth-order valence-electron chi connectivity index (χ4n) is 3.80. The standard InChI is InChI=1S/C24H34N4O3.HI/c1-25-24(26-14-18-5-7-19(8-6-18)17-29-2)27-21-9-10-28(16-21)15-20-11-22(30-3)13-23(12-20)31-4;/h5-8,11-13,21H,9-10,14-17H2,1-4H3,(H2,25,26,27);1H. The Balaban J connectivity index is 0.00000363. The molecular weight excluding hydrogens is 519 g/mol. The first-order valence-corrected chi connectivity index (χ1v) is 10.6. The van der Waals surface area contributed by atoms with E-state index in [2.05, 4.69) is 56.9 Å². The van der Waals surface area contributed by atoms with E-state index in [0.29, 0.717) is 12.6 Å². The van der Waals surface area contributed by atoms with E-state index in [1.165, 1.54) is 16.7 Å². The Labute approximate surface area is 208 Å². The average molecular weight is 554 g/mol. The molecule has 1 aliphatic heterocycles. The van der Waals surface area contributed by atoms with Crippen LogP contribution in [0.25, 0.3) is 0 Å². The predicted molar refractivity (Wildman–Crippen MR) is 139 cm³/mol. The van der Waals surface area contributed by atoms with Crippen LogP contribution in [0, 0.1) is 0 Å². The second kappa shape index (κ2) is 13.5. The van der Waals surface area contributed by atoms with Gasteiger partial charge in [0.1, 0.15) is 11.5 Å². The Morgan fingerprint density at radius 3 is 2.25 bits per heavy atom. The maximum Gasteiger partial charge on any atom is 0.191 e. The Kier molecular flexibility index (Phi) is 11.1. The first kappa shape index (κ1) is 26.2. The molecule has 0 aliphatic carbocycles. The molecule has 0 radical (unpaired) electrons. The van der Waals surface area contributed by atoms with Gasteiger partial charge in [-0.3, -0.25) is 9.89 Å². The van der Waals surface area contributed by atoms with E-state index >= 15 is 0 Å². The summed E-state index contributed by atoms with van der Waals surface area (Å²) in [6.07, 6.45) is 1.08. The van der Waals surface area contributed by atoms with Gasteiger partial charge >= 0.3 is 0 Å². The van der Waals surface area contributed by atoms with E-state index in [-0.39, 0.29) is 24.0 Å². The molecule has 1 aliphatic rings. The lowest BCUT2D eigenvalue weighted by Gasteiger charge is -2.19. The van der Waals surface area contributed by atoms with Crippen LogP contribution in [0.15, 0.2) is 47.5 Å². The molecule has 1 unspecified atom stereocenters. The van der Waals surface area contributed by atoms with Gasteiger partial charge in [0.2, 0.25) is 0 Å². The number of halogens is 1. The number of aliphatic imine (C=N–C) groups is 1. The highest BCUT2D eigenvalue weighted by Gasteiger charge is 2.23. The molecule has 0 saturated carbocycles. The first-order chi connectivity index (χ1) is 15.1. The smallest absolute Gasteiger partial charge is 0.191 e. The number of ether oxygens (including phenoxy) is 3. The minimum Gasteiger partial charge on any atom is -0.497 e. The number of hydrogen-bond acceptors (Lipinski definition) is 5. The molecule has 3 rings (SSSR count). The van der Waals surface area contributed by atoms with Gasteiger partial charge in [0.05, 0.1) is 20.8 Å². The van der Waals surface area contributed by atoms with Crippen LogP contribution in [0.1, 0.15) is 23.1 Å². The summed E-state index contributed by atoms with van der Waals surface area (Å²) in [5.41, 5.74) is 3.58. The Morgan fingerprint density at radius 1 is 1.00 bits per heavy atom. The molecule has 32 heavy (non-hydrogen) atoms. The zero-order valence-electron chi connectivity index (χ0n) is 19.4. The fraction of sp³-hybridized carbons (Fsp3) is 0.458. The molecule has 0 spiro atoms. The number of nitrogens with zero attached hydrogens (tertiary/aromatic N) is 2. The van der Waals surface area contributed by atoms with Gasteiger partial charge in [-0.05, 0) is 35.2 Å². The normalized spacial score (nSPS) is 16.4. The van der Waals surface area contributed by atoms with Gasteiger partial charge < -0.3 is 24.8 Å². The SMILES string of the molecule is CN=C(NCc1ccc(COC)cc1)NC1CCN(Cc2cc(OC)cc(OC)c2)C1.I. The van der Waals surface area contributed by atoms with Gasteiger partial charge in [-0.1, -0.05) is 24.3 Å². The molecule has 2 N–H and O–H groups in total. The first-order valence-electron chi connectivity index (χ1n) is 10.6. The quantitative estimate of drug-likeness (QED) is 0.282. The van der Waals surface area contributed by atoms with Crippen molar-refractivity contribution >= 4 is 29.9 Å². The van der Waals surface area contributed by atoms with Crippen LogP contribution >= 0.6 is 24.0 Å². The minimum absolute atomic E-state index is 0. The van der Waals surface area contributed by atoms with E-state index in [1.54, 1.807) is 21.3 Å². The van der Waals surface area contributed by atoms with E-state index in [0.717, 1.165) is 50.1 Å². The molecule has 2 aromatic carbocycles. The maximum atomic E-state index is 5.39. The molecule has 0 amide bonds. The third-order valence-electron chi connectivity index (χ3n) is 5.45.